The largest absolute Gasteiger partial charge is 0.344 e. The summed E-state index contributed by atoms with van der Waals surface area (Å²) < 4.78 is 0. The number of nitro groups is 1. The number of carbonyl (C=O) groups excluding carboxylic acids is 2. The monoisotopic (exact) mass is 418 g/mol. The highest BCUT2D eigenvalue weighted by molar-refractivity contribution is 7.17. The third-order valence-electron chi connectivity index (χ3n) is 4.81. The van der Waals surface area contributed by atoms with Crippen molar-refractivity contribution in [3.8, 4) is 0 Å². The molecule has 2 unspecified atom stereocenters. The second-order valence-electron chi connectivity index (χ2n) is 7.01. The lowest BCUT2D eigenvalue weighted by Gasteiger charge is -2.28. The minimum atomic E-state index is -0.514. The van der Waals surface area contributed by atoms with E-state index in [4.69, 9.17) is 5.73 Å². The van der Waals surface area contributed by atoms with Crippen LogP contribution in [0.15, 0.2) is 12.1 Å². The lowest BCUT2D eigenvalue weighted by molar-refractivity contribution is -0.380. The molecular weight excluding hydrogens is 392 g/mol. The van der Waals surface area contributed by atoms with Gasteiger partial charge in [-0.3, -0.25) is 19.7 Å². The maximum Gasteiger partial charge on any atom is 0.324 e. The van der Waals surface area contributed by atoms with Crippen LogP contribution in [0.25, 0.3) is 0 Å². The molecule has 0 spiro atoms. The molecule has 1 aromatic rings. The van der Waals surface area contributed by atoms with Crippen LogP contribution in [0, 0.1) is 16.0 Å². The average molecular weight is 419 g/mol. The quantitative estimate of drug-likeness (QED) is 0.540. The molecule has 0 saturated carbocycles. The second kappa shape index (κ2) is 10.0. The summed E-state index contributed by atoms with van der Waals surface area (Å²) >= 11 is 0.844. The zero-order valence-electron chi connectivity index (χ0n) is 15.8. The van der Waals surface area contributed by atoms with Gasteiger partial charge in [-0.1, -0.05) is 25.2 Å². The summed E-state index contributed by atoms with van der Waals surface area (Å²) in [5.41, 5.74) is 6.04. The van der Waals surface area contributed by atoms with Gasteiger partial charge in [-0.05, 0) is 31.2 Å². The molecule has 2 rings (SSSR count). The fourth-order valence-electron chi connectivity index (χ4n) is 2.99. The van der Waals surface area contributed by atoms with Gasteiger partial charge in [-0.25, -0.2) is 0 Å². The highest BCUT2D eigenvalue weighted by Gasteiger charge is 2.37. The van der Waals surface area contributed by atoms with E-state index in [9.17, 15) is 19.7 Å². The fourth-order valence-corrected chi connectivity index (χ4v) is 3.77. The Morgan fingerprint density at radius 2 is 2.11 bits per heavy atom. The number of carbonyl (C=O) groups is 2. The first-order valence-electron chi connectivity index (χ1n) is 8.78. The van der Waals surface area contributed by atoms with Crippen molar-refractivity contribution in [3.63, 3.8) is 0 Å². The minimum absolute atomic E-state index is 0. The molecule has 2 heterocycles. The van der Waals surface area contributed by atoms with E-state index in [0.717, 1.165) is 17.8 Å². The van der Waals surface area contributed by atoms with Gasteiger partial charge in [0, 0.05) is 32.2 Å². The van der Waals surface area contributed by atoms with E-state index in [1.807, 2.05) is 13.8 Å². The summed E-state index contributed by atoms with van der Waals surface area (Å²) in [7, 11) is 1.73. The van der Waals surface area contributed by atoms with Gasteiger partial charge in [-0.2, -0.15) is 0 Å². The Morgan fingerprint density at radius 3 is 2.67 bits per heavy atom. The van der Waals surface area contributed by atoms with Crippen molar-refractivity contribution in [2.75, 3.05) is 20.1 Å². The Hall–Kier alpha value is -1.71. The normalized spacial score (nSPS) is 17.5. The van der Waals surface area contributed by atoms with Crippen LogP contribution in [-0.2, 0) is 4.79 Å². The molecule has 2 atom stereocenters. The average Bonchev–Trinajstić information content (AvgIpc) is 3.26. The lowest BCUT2D eigenvalue weighted by atomic mass is 10.0. The molecule has 0 aliphatic carbocycles. The molecule has 152 valence electrons. The Morgan fingerprint density at radius 1 is 1.44 bits per heavy atom. The number of likely N-dealkylation sites (tertiary alicyclic amines) is 1. The number of amides is 2. The van der Waals surface area contributed by atoms with Crippen LogP contribution in [0.2, 0.25) is 0 Å². The number of halogens is 1. The molecule has 0 aromatic carbocycles. The van der Waals surface area contributed by atoms with Gasteiger partial charge in [-0.15, -0.1) is 12.4 Å². The van der Waals surface area contributed by atoms with E-state index in [1.54, 1.807) is 11.9 Å². The number of hydrogen-bond donors (Lipinski definition) is 1. The van der Waals surface area contributed by atoms with Gasteiger partial charge in [0.1, 0.15) is 6.04 Å². The summed E-state index contributed by atoms with van der Waals surface area (Å²) in [4.78, 5) is 39.2. The molecular formula is C17H27ClN4O4S. The van der Waals surface area contributed by atoms with Gasteiger partial charge < -0.3 is 15.5 Å². The topological polar surface area (TPSA) is 110 Å². The van der Waals surface area contributed by atoms with E-state index in [1.165, 1.54) is 17.0 Å². The van der Waals surface area contributed by atoms with Crippen molar-refractivity contribution in [1.29, 1.82) is 0 Å². The highest BCUT2D eigenvalue weighted by atomic mass is 35.5. The van der Waals surface area contributed by atoms with Gasteiger partial charge in [0.25, 0.3) is 5.91 Å². The summed E-state index contributed by atoms with van der Waals surface area (Å²) in [6.45, 7) is 5.12. The second-order valence-corrected chi connectivity index (χ2v) is 8.07. The van der Waals surface area contributed by atoms with Gasteiger partial charge in [0.15, 0.2) is 0 Å². The number of likely N-dealkylation sites (N-methyl/N-ethyl adjacent to an activating group) is 1. The van der Waals surface area contributed by atoms with Crippen molar-refractivity contribution >= 4 is 40.6 Å². The molecule has 8 nitrogen and oxygen atoms in total. The van der Waals surface area contributed by atoms with Crippen molar-refractivity contribution < 1.29 is 14.5 Å². The van der Waals surface area contributed by atoms with Crippen molar-refractivity contribution in [2.24, 2.45) is 11.7 Å². The Bertz CT molecular complexity index is 682. The fraction of sp³-hybridized carbons (Fsp3) is 0.647. The SMILES string of the molecule is CC(C)C(N)CCN(C)C(=O)C1CCCN1C(=O)c1ccc([N+](=O)[O-])s1.Cl. The first-order valence-corrected chi connectivity index (χ1v) is 9.59. The molecule has 0 radical (unpaired) electrons. The number of rotatable bonds is 7. The van der Waals surface area contributed by atoms with Crippen molar-refractivity contribution in [2.45, 2.75) is 45.2 Å². The minimum Gasteiger partial charge on any atom is -0.344 e. The van der Waals surface area contributed by atoms with Crippen LogP contribution in [0.4, 0.5) is 5.00 Å². The number of nitrogens with two attached hydrogens (primary N) is 1. The molecule has 1 aliphatic heterocycles. The first-order chi connectivity index (χ1) is 12.2. The predicted octanol–water partition coefficient (Wildman–Crippen LogP) is 2.51. The van der Waals surface area contributed by atoms with E-state index in [0.29, 0.717) is 36.7 Å². The van der Waals surface area contributed by atoms with Gasteiger partial charge in [0.05, 0.1) is 9.80 Å². The maximum absolute atomic E-state index is 12.8. The van der Waals surface area contributed by atoms with Crippen LogP contribution >= 0.6 is 23.7 Å². The van der Waals surface area contributed by atoms with Crippen LogP contribution in [0.3, 0.4) is 0 Å². The molecule has 1 aromatic heterocycles. The highest BCUT2D eigenvalue weighted by Crippen LogP contribution is 2.28. The lowest BCUT2D eigenvalue weighted by Crippen LogP contribution is -2.47. The maximum atomic E-state index is 12.8. The summed E-state index contributed by atoms with van der Waals surface area (Å²) in [6.07, 6.45) is 2.06. The molecule has 1 fully saturated rings. The van der Waals surface area contributed by atoms with E-state index >= 15 is 0 Å². The molecule has 27 heavy (non-hydrogen) atoms. The smallest absolute Gasteiger partial charge is 0.324 e. The Balaban J connectivity index is 0.00000364. The molecule has 0 bridgehead atoms. The molecule has 1 aliphatic rings. The zero-order valence-corrected chi connectivity index (χ0v) is 17.4. The van der Waals surface area contributed by atoms with Crippen LogP contribution in [0.1, 0.15) is 42.8 Å². The first kappa shape index (κ1) is 23.3. The van der Waals surface area contributed by atoms with Crippen LogP contribution in [-0.4, -0.2) is 58.8 Å². The molecule has 2 N–H and O–H groups in total. The summed E-state index contributed by atoms with van der Waals surface area (Å²) in [5, 5.41) is 10.7. The molecule has 2 amide bonds. The van der Waals surface area contributed by atoms with Crippen molar-refractivity contribution in [1.82, 2.24) is 9.80 Å². The summed E-state index contributed by atoms with van der Waals surface area (Å²) in [5.74, 6) is -0.0678. The molecule has 1 saturated heterocycles. The Kier molecular flexibility index (Phi) is 8.64. The summed E-state index contributed by atoms with van der Waals surface area (Å²) in [6, 6.07) is 2.29. The molecule has 10 heteroatoms. The predicted molar refractivity (Wildman–Crippen MR) is 107 cm³/mol. The van der Waals surface area contributed by atoms with E-state index in [-0.39, 0.29) is 35.3 Å². The van der Waals surface area contributed by atoms with Gasteiger partial charge >= 0.3 is 5.00 Å². The third kappa shape index (κ3) is 5.63. The zero-order chi connectivity index (χ0) is 19.4. The van der Waals surface area contributed by atoms with E-state index in [2.05, 4.69) is 0 Å². The number of nitrogens with zero attached hydrogens (tertiary/aromatic N) is 3. The van der Waals surface area contributed by atoms with Gasteiger partial charge in [0.2, 0.25) is 5.91 Å². The number of thiophene rings is 1. The van der Waals surface area contributed by atoms with Crippen LogP contribution in [0.5, 0.6) is 0 Å². The Labute approximate surface area is 169 Å². The third-order valence-corrected chi connectivity index (χ3v) is 5.84. The number of hydrogen-bond acceptors (Lipinski definition) is 6. The van der Waals surface area contributed by atoms with E-state index < -0.39 is 11.0 Å². The van der Waals surface area contributed by atoms with Crippen molar-refractivity contribution in [3.05, 3.63) is 27.1 Å². The standard InChI is InChI=1S/C17H26N4O4S.ClH/c1-11(2)12(18)8-10-19(3)16(22)13-5-4-9-20(13)17(23)14-6-7-15(26-14)21(24)25;/h6-7,11-13H,4-5,8-10,18H2,1-3H3;1H. The van der Waals surface area contributed by atoms with Crippen LogP contribution < -0.4 is 5.73 Å².